The Morgan fingerprint density at radius 1 is 1.39 bits per heavy atom. The van der Waals surface area contributed by atoms with E-state index in [1.165, 1.54) is 0 Å². The SMILES string of the molecule is CCCc1nc(Cl)cc(NC2(CO)CCCC2)n1. The Morgan fingerprint density at radius 2 is 2.11 bits per heavy atom. The Morgan fingerprint density at radius 3 is 2.72 bits per heavy atom. The highest BCUT2D eigenvalue weighted by atomic mass is 35.5. The van der Waals surface area contributed by atoms with Gasteiger partial charge in [-0.3, -0.25) is 0 Å². The van der Waals surface area contributed by atoms with Gasteiger partial charge in [0.05, 0.1) is 12.1 Å². The number of aryl methyl sites for hydroxylation is 1. The van der Waals surface area contributed by atoms with E-state index in [0.717, 1.165) is 50.2 Å². The average Bonchev–Trinajstić information content (AvgIpc) is 2.78. The van der Waals surface area contributed by atoms with Crippen molar-refractivity contribution in [2.45, 2.75) is 51.0 Å². The highest BCUT2D eigenvalue weighted by molar-refractivity contribution is 6.29. The molecular formula is C13H20ClN3O. The predicted molar refractivity (Wildman–Crippen MR) is 72.9 cm³/mol. The lowest BCUT2D eigenvalue weighted by Crippen LogP contribution is -2.39. The van der Waals surface area contributed by atoms with Crippen molar-refractivity contribution < 1.29 is 5.11 Å². The minimum atomic E-state index is -0.221. The molecule has 0 spiro atoms. The molecule has 0 aliphatic heterocycles. The monoisotopic (exact) mass is 269 g/mol. The van der Waals surface area contributed by atoms with Crippen LogP contribution in [0.1, 0.15) is 44.9 Å². The molecule has 0 radical (unpaired) electrons. The van der Waals surface area contributed by atoms with E-state index < -0.39 is 0 Å². The number of rotatable bonds is 5. The van der Waals surface area contributed by atoms with Gasteiger partial charge in [0.2, 0.25) is 0 Å². The third kappa shape index (κ3) is 3.12. The van der Waals surface area contributed by atoms with Crippen molar-refractivity contribution in [1.82, 2.24) is 9.97 Å². The molecule has 1 aliphatic carbocycles. The second-order valence-corrected chi connectivity index (χ2v) is 5.40. The number of halogens is 1. The highest BCUT2D eigenvalue weighted by Crippen LogP contribution is 2.32. The van der Waals surface area contributed by atoms with Crippen LogP contribution in [0.3, 0.4) is 0 Å². The van der Waals surface area contributed by atoms with Crippen LogP contribution in [0.5, 0.6) is 0 Å². The number of nitrogens with one attached hydrogen (secondary N) is 1. The van der Waals surface area contributed by atoms with Crippen LogP contribution >= 0.6 is 11.6 Å². The van der Waals surface area contributed by atoms with Crippen LogP contribution in [0.25, 0.3) is 0 Å². The molecule has 0 bridgehead atoms. The van der Waals surface area contributed by atoms with Gasteiger partial charge < -0.3 is 10.4 Å². The smallest absolute Gasteiger partial charge is 0.134 e. The molecule has 5 heteroatoms. The highest BCUT2D eigenvalue weighted by Gasteiger charge is 2.33. The fourth-order valence-electron chi connectivity index (χ4n) is 2.51. The Balaban J connectivity index is 2.17. The summed E-state index contributed by atoms with van der Waals surface area (Å²) < 4.78 is 0. The van der Waals surface area contributed by atoms with E-state index >= 15 is 0 Å². The number of hydrogen-bond donors (Lipinski definition) is 2. The summed E-state index contributed by atoms with van der Waals surface area (Å²) in [6.07, 6.45) is 6.07. The number of aliphatic hydroxyl groups is 1. The molecule has 1 aliphatic rings. The van der Waals surface area contributed by atoms with E-state index in [9.17, 15) is 5.11 Å². The van der Waals surface area contributed by atoms with Crippen LogP contribution in [0, 0.1) is 0 Å². The van der Waals surface area contributed by atoms with E-state index in [-0.39, 0.29) is 12.1 Å². The number of hydrogen-bond acceptors (Lipinski definition) is 4. The van der Waals surface area contributed by atoms with Gasteiger partial charge in [-0.25, -0.2) is 9.97 Å². The lowest BCUT2D eigenvalue weighted by atomic mass is 9.99. The lowest BCUT2D eigenvalue weighted by Gasteiger charge is -2.28. The molecule has 18 heavy (non-hydrogen) atoms. The van der Waals surface area contributed by atoms with Gasteiger partial charge in [0.25, 0.3) is 0 Å². The molecule has 0 saturated heterocycles. The first-order chi connectivity index (χ1) is 8.67. The van der Waals surface area contributed by atoms with Crippen LogP contribution in [-0.4, -0.2) is 27.2 Å². The predicted octanol–water partition coefficient (Wildman–Crippen LogP) is 2.80. The summed E-state index contributed by atoms with van der Waals surface area (Å²) in [5, 5.41) is 13.4. The molecule has 1 aromatic rings. The van der Waals surface area contributed by atoms with Crippen molar-refractivity contribution in [3.63, 3.8) is 0 Å². The molecule has 1 heterocycles. The molecule has 1 aromatic heterocycles. The number of anilines is 1. The van der Waals surface area contributed by atoms with Crippen LogP contribution < -0.4 is 5.32 Å². The fraction of sp³-hybridized carbons (Fsp3) is 0.692. The molecule has 1 fully saturated rings. The van der Waals surface area contributed by atoms with Gasteiger partial charge in [-0.15, -0.1) is 0 Å². The van der Waals surface area contributed by atoms with Crippen LogP contribution in [-0.2, 0) is 6.42 Å². The zero-order valence-electron chi connectivity index (χ0n) is 10.7. The molecule has 0 atom stereocenters. The minimum Gasteiger partial charge on any atom is -0.394 e. The minimum absolute atomic E-state index is 0.137. The van der Waals surface area contributed by atoms with E-state index in [1.54, 1.807) is 6.07 Å². The standard InChI is InChI=1S/C13H20ClN3O/c1-2-5-11-15-10(14)8-12(16-11)17-13(9-18)6-3-4-7-13/h8,18H,2-7,9H2,1H3,(H,15,16,17). The van der Waals surface area contributed by atoms with Gasteiger partial charge in [-0.05, 0) is 19.3 Å². The maximum absolute atomic E-state index is 9.58. The summed E-state index contributed by atoms with van der Waals surface area (Å²) in [6, 6.07) is 1.73. The second kappa shape index (κ2) is 5.85. The molecule has 0 unspecified atom stereocenters. The molecule has 0 aromatic carbocycles. The van der Waals surface area contributed by atoms with Crippen LogP contribution in [0.2, 0.25) is 5.15 Å². The van der Waals surface area contributed by atoms with Crippen LogP contribution in [0.15, 0.2) is 6.07 Å². The molecule has 0 amide bonds. The van der Waals surface area contributed by atoms with E-state index in [0.29, 0.717) is 5.15 Å². The third-order valence-electron chi connectivity index (χ3n) is 3.47. The van der Waals surface area contributed by atoms with Crippen molar-refractivity contribution in [3.8, 4) is 0 Å². The first-order valence-electron chi connectivity index (χ1n) is 6.60. The van der Waals surface area contributed by atoms with Gasteiger partial charge in [0, 0.05) is 12.5 Å². The first-order valence-corrected chi connectivity index (χ1v) is 6.98. The molecular weight excluding hydrogens is 250 g/mol. The molecule has 1 saturated carbocycles. The maximum Gasteiger partial charge on any atom is 0.134 e. The summed E-state index contributed by atoms with van der Waals surface area (Å²) >= 11 is 6.01. The number of aromatic nitrogens is 2. The molecule has 2 rings (SSSR count). The van der Waals surface area contributed by atoms with Crippen molar-refractivity contribution in [2.24, 2.45) is 0 Å². The zero-order chi connectivity index (χ0) is 13.0. The summed E-state index contributed by atoms with van der Waals surface area (Å²) in [7, 11) is 0. The van der Waals surface area contributed by atoms with Crippen molar-refractivity contribution in [3.05, 3.63) is 17.0 Å². The number of aliphatic hydroxyl groups excluding tert-OH is 1. The quantitative estimate of drug-likeness (QED) is 0.807. The second-order valence-electron chi connectivity index (χ2n) is 5.01. The van der Waals surface area contributed by atoms with Crippen molar-refractivity contribution >= 4 is 17.4 Å². The number of nitrogens with zero attached hydrogens (tertiary/aromatic N) is 2. The van der Waals surface area contributed by atoms with E-state index in [1.807, 2.05) is 0 Å². The summed E-state index contributed by atoms with van der Waals surface area (Å²) in [5.74, 6) is 1.49. The molecule has 100 valence electrons. The normalized spacial score (nSPS) is 17.9. The Labute approximate surface area is 113 Å². The topological polar surface area (TPSA) is 58.0 Å². The van der Waals surface area contributed by atoms with Crippen LogP contribution in [0.4, 0.5) is 5.82 Å². The Hall–Kier alpha value is -0.870. The molecule has 4 nitrogen and oxygen atoms in total. The lowest BCUT2D eigenvalue weighted by molar-refractivity contribution is 0.214. The summed E-state index contributed by atoms with van der Waals surface area (Å²) in [6.45, 7) is 2.22. The Kier molecular flexibility index (Phi) is 4.40. The third-order valence-corrected chi connectivity index (χ3v) is 3.66. The van der Waals surface area contributed by atoms with Crippen molar-refractivity contribution in [1.29, 1.82) is 0 Å². The molecule has 2 N–H and O–H groups in total. The maximum atomic E-state index is 9.58. The fourth-order valence-corrected chi connectivity index (χ4v) is 2.71. The van der Waals surface area contributed by atoms with Crippen molar-refractivity contribution in [2.75, 3.05) is 11.9 Å². The van der Waals surface area contributed by atoms with Gasteiger partial charge in [-0.2, -0.15) is 0 Å². The van der Waals surface area contributed by atoms with Gasteiger partial charge in [0.1, 0.15) is 16.8 Å². The zero-order valence-corrected chi connectivity index (χ0v) is 11.5. The van der Waals surface area contributed by atoms with E-state index in [2.05, 4.69) is 22.2 Å². The van der Waals surface area contributed by atoms with Gasteiger partial charge in [-0.1, -0.05) is 31.4 Å². The average molecular weight is 270 g/mol. The Bertz CT molecular complexity index is 405. The first kappa shape index (κ1) is 13.6. The van der Waals surface area contributed by atoms with Gasteiger partial charge >= 0.3 is 0 Å². The summed E-state index contributed by atoms with van der Waals surface area (Å²) in [4.78, 5) is 8.66. The largest absolute Gasteiger partial charge is 0.394 e. The van der Waals surface area contributed by atoms with E-state index in [4.69, 9.17) is 11.6 Å². The summed E-state index contributed by atoms with van der Waals surface area (Å²) in [5.41, 5.74) is -0.221. The van der Waals surface area contributed by atoms with Gasteiger partial charge in [0.15, 0.2) is 0 Å².